The molecule has 0 fully saturated rings. The van der Waals surface area contributed by atoms with Crippen LogP contribution in [0.5, 0.6) is 5.75 Å². The predicted molar refractivity (Wildman–Crippen MR) is 149 cm³/mol. The third kappa shape index (κ3) is 8.83. The van der Waals surface area contributed by atoms with Crippen LogP contribution in [0.4, 0.5) is 26.2 Å². The van der Waals surface area contributed by atoms with Gasteiger partial charge in [-0.3, -0.25) is 9.59 Å². The minimum atomic E-state index is -1.20. The van der Waals surface area contributed by atoms with Crippen molar-refractivity contribution in [3.8, 4) is 5.75 Å². The van der Waals surface area contributed by atoms with E-state index in [1.165, 1.54) is 30.3 Å². The molecule has 0 atom stereocenters. The number of nitrogens with one attached hydrogen (secondary N) is 2. The lowest BCUT2D eigenvalue weighted by molar-refractivity contribution is -0.123. The monoisotopic (exact) mass is 550 g/mol. The zero-order chi connectivity index (χ0) is 29.4. The van der Waals surface area contributed by atoms with E-state index in [9.17, 15) is 23.6 Å². The van der Waals surface area contributed by atoms with Crippen LogP contribution in [0.3, 0.4) is 0 Å². The molecule has 0 saturated carbocycles. The smallest absolute Gasteiger partial charge is 0.410 e. The van der Waals surface area contributed by atoms with Crippen LogP contribution in [0.1, 0.15) is 43.1 Å². The summed E-state index contributed by atoms with van der Waals surface area (Å²) in [6.45, 7) is 5.60. The molecule has 3 amide bonds. The molecule has 0 heterocycles. The number of hydrogen-bond acceptors (Lipinski definition) is 7. The van der Waals surface area contributed by atoms with Crippen LogP contribution in [-0.4, -0.2) is 36.5 Å². The summed E-state index contributed by atoms with van der Waals surface area (Å²) >= 11 is 0. The summed E-state index contributed by atoms with van der Waals surface area (Å²) in [5.74, 6) is -2.95. The van der Waals surface area contributed by atoms with E-state index in [1.54, 1.807) is 32.7 Å². The van der Waals surface area contributed by atoms with Crippen LogP contribution in [0.25, 0.3) is 0 Å². The number of carbonyl (C=O) groups is 4. The van der Waals surface area contributed by atoms with E-state index >= 15 is 0 Å². The van der Waals surface area contributed by atoms with Gasteiger partial charge in [0.25, 0.3) is 0 Å². The van der Waals surface area contributed by atoms with Gasteiger partial charge in [-0.1, -0.05) is 30.3 Å². The minimum absolute atomic E-state index is 0.0295. The fourth-order valence-corrected chi connectivity index (χ4v) is 3.69. The molecule has 0 aromatic heterocycles. The van der Waals surface area contributed by atoms with Crippen LogP contribution >= 0.6 is 0 Å². The molecule has 11 heteroatoms. The summed E-state index contributed by atoms with van der Waals surface area (Å²) in [7, 11) is 1.67. The Bertz CT molecular complexity index is 1390. The highest BCUT2D eigenvalue weighted by Crippen LogP contribution is 2.37. The second-order valence-electron chi connectivity index (χ2n) is 9.91. The maximum Gasteiger partial charge on any atom is 0.410 e. The molecule has 10 nitrogen and oxygen atoms in total. The highest BCUT2D eigenvalue weighted by molar-refractivity contribution is 6.09. The van der Waals surface area contributed by atoms with E-state index in [4.69, 9.17) is 15.2 Å². The minimum Gasteiger partial charge on any atom is -0.456 e. The van der Waals surface area contributed by atoms with Crippen molar-refractivity contribution in [2.75, 3.05) is 22.6 Å². The maximum absolute atomic E-state index is 14.4. The molecular weight excluding hydrogens is 519 g/mol. The van der Waals surface area contributed by atoms with Gasteiger partial charge in [-0.15, -0.1) is 0 Å². The number of hydrogen-bond donors (Lipinski definition) is 3. The quantitative estimate of drug-likeness (QED) is 0.256. The molecule has 0 radical (unpaired) electrons. The van der Waals surface area contributed by atoms with Gasteiger partial charge in [0.15, 0.2) is 5.75 Å². The van der Waals surface area contributed by atoms with Gasteiger partial charge in [0.1, 0.15) is 23.5 Å². The van der Waals surface area contributed by atoms with Gasteiger partial charge in [-0.2, -0.15) is 0 Å². The normalized spacial score (nSPS) is 10.8. The number of rotatable bonds is 9. The third-order valence-corrected chi connectivity index (χ3v) is 5.32. The van der Waals surface area contributed by atoms with E-state index < -0.39 is 41.7 Å². The highest BCUT2D eigenvalue weighted by atomic mass is 19.1. The van der Waals surface area contributed by atoms with Crippen LogP contribution in [-0.2, 0) is 20.9 Å². The lowest BCUT2D eigenvalue weighted by Gasteiger charge is -2.24. The average Bonchev–Trinajstić information content (AvgIpc) is 2.85. The van der Waals surface area contributed by atoms with Crippen molar-refractivity contribution in [1.82, 2.24) is 0 Å². The Labute approximate surface area is 231 Å². The van der Waals surface area contributed by atoms with E-state index in [-0.39, 0.29) is 17.1 Å². The summed E-state index contributed by atoms with van der Waals surface area (Å²) < 4.78 is 24.7. The Morgan fingerprint density at radius 1 is 0.925 bits per heavy atom. The second-order valence-corrected chi connectivity index (χ2v) is 9.91. The van der Waals surface area contributed by atoms with E-state index in [2.05, 4.69) is 10.6 Å². The molecule has 0 bridgehead atoms. The first kappa shape index (κ1) is 29.6. The molecular formula is C29H31FN4O6. The van der Waals surface area contributed by atoms with Crippen molar-refractivity contribution >= 4 is 40.9 Å². The first-order valence-corrected chi connectivity index (χ1v) is 12.3. The molecule has 0 aliphatic rings. The molecule has 3 rings (SSSR count). The molecule has 4 N–H and O–H groups in total. The number of anilines is 3. The zero-order valence-corrected chi connectivity index (χ0v) is 22.6. The number of halogens is 1. The molecule has 0 aliphatic heterocycles. The number of benzene rings is 3. The molecule has 0 saturated heterocycles. The Balaban J connectivity index is 1.73. The lowest BCUT2D eigenvalue weighted by Crippen LogP contribution is -2.25. The van der Waals surface area contributed by atoms with Crippen LogP contribution in [0, 0.1) is 5.82 Å². The van der Waals surface area contributed by atoms with Crippen LogP contribution < -0.4 is 26.0 Å². The summed E-state index contributed by atoms with van der Waals surface area (Å²) in [5.41, 5.74) is 6.23. The number of primary amides is 1. The lowest BCUT2D eigenvalue weighted by atomic mass is 10.1. The van der Waals surface area contributed by atoms with Gasteiger partial charge in [0.2, 0.25) is 11.8 Å². The van der Waals surface area contributed by atoms with E-state index in [0.717, 1.165) is 11.6 Å². The molecule has 3 aromatic carbocycles. The Hall–Kier alpha value is -4.93. The van der Waals surface area contributed by atoms with Gasteiger partial charge in [-0.25, -0.2) is 14.0 Å². The third-order valence-electron chi connectivity index (χ3n) is 5.32. The second kappa shape index (κ2) is 12.7. The topological polar surface area (TPSA) is 140 Å². The standard InChI is InChI=1S/C29H31FN4O6/c1-29(2,3)40-27(37)19-10-12-21(13-11-19)32-24(35)16-25(36)33-26-22(14-20(30)15-23(26)39-28(31)38)34(4)17-18-8-6-5-7-9-18/h5-15H,16-17H2,1-4H3,(H2,31,38)(H,32,35)(H,33,36). The molecule has 0 spiro atoms. The van der Waals surface area contributed by atoms with E-state index in [0.29, 0.717) is 17.8 Å². The Morgan fingerprint density at radius 2 is 1.55 bits per heavy atom. The van der Waals surface area contributed by atoms with E-state index in [1.807, 2.05) is 30.3 Å². The van der Waals surface area contributed by atoms with Crippen molar-refractivity contribution in [3.63, 3.8) is 0 Å². The summed E-state index contributed by atoms with van der Waals surface area (Å²) in [4.78, 5) is 50.7. The van der Waals surface area contributed by atoms with Crippen molar-refractivity contribution in [2.45, 2.75) is 39.3 Å². The number of nitrogens with two attached hydrogens (primary N) is 1. The van der Waals surface area contributed by atoms with Gasteiger partial charge in [0, 0.05) is 25.3 Å². The molecule has 3 aromatic rings. The number of esters is 1. The number of amides is 3. The molecule has 40 heavy (non-hydrogen) atoms. The first-order chi connectivity index (χ1) is 18.8. The Kier molecular flexibility index (Phi) is 9.44. The molecule has 210 valence electrons. The molecule has 0 aliphatic carbocycles. The van der Waals surface area contributed by atoms with Crippen molar-refractivity contribution < 1.29 is 33.0 Å². The van der Waals surface area contributed by atoms with Crippen molar-refractivity contribution in [3.05, 3.63) is 83.7 Å². The number of nitrogens with zero attached hydrogens (tertiary/aromatic N) is 1. The SMILES string of the molecule is CN(Cc1ccccc1)c1cc(F)cc(OC(N)=O)c1NC(=O)CC(=O)Nc1ccc(C(=O)OC(C)(C)C)cc1. The van der Waals surface area contributed by atoms with Crippen molar-refractivity contribution in [2.24, 2.45) is 5.73 Å². The van der Waals surface area contributed by atoms with Gasteiger partial charge < -0.3 is 30.7 Å². The predicted octanol–water partition coefficient (Wildman–Crippen LogP) is 4.84. The summed E-state index contributed by atoms with van der Waals surface area (Å²) in [6.07, 6.45) is -1.81. The number of ether oxygens (including phenoxy) is 2. The van der Waals surface area contributed by atoms with Crippen LogP contribution in [0.15, 0.2) is 66.7 Å². The highest BCUT2D eigenvalue weighted by Gasteiger charge is 2.22. The molecule has 0 unspecified atom stereocenters. The fourth-order valence-electron chi connectivity index (χ4n) is 3.69. The summed E-state index contributed by atoms with van der Waals surface area (Å²) in [6, 6.07) is 17.4. The van der Waals surface area contributed by atoms with Crippen molar-refractivity contribution in [1.29, 1.82) is 0 Å². The van der Waals surface area contributed by atoms with Gasteiger partial charge in [-0.05, 0) is 56.7 Å². The average molecular weight is 551 g/mol. The van der Waals surface area contributed by atoms with Gasteiger partial charge >= 0.3 is 12.1 Å². The summed E-state index contributed by atoms with van der Waals surface area (Å²) in [5, 5.41) is 5.11. The number of carbonyl (C=O) groups excluding carboxylic acids is 4. The Morgan fingerprint density at radius 3 is 2.15 bits per heavy atom. The zero-order valence-electron chi connectivity index (χ0n) is 22.6. The van der Waals surface area contributed by atoms with Crippen LogP contribution in [0.2, 0.25) is 0 Å². The van der Waals surface area contributed by atoms with Gasteiger partial charge in [0.05, 0.1) is 11.3 Å². The fraction of sp³-hybridized carbons (Fsp3) is 0.241. The maximum atomic E-state index is 14.4. The largest absolute Gasteiger partial charge is 0.456 e. The first-order valence-electron chi connectivity index (χ1n) is 12.3.